The molecule has 81 heavy (non-hydrogen) atoms. The molecule has 3 aliphatic heterocycles. The fraction of sp³-hybridized carbons (Fsp3) is 0.525. The SMILES string of the molecule is COc1ccc(CC[C@H]2OC(=O)[C@@H]3CCCCN3C(=O)C(=O)C(C)(C)COC(=O)C=CCCN(C)C(=O)[C@@H]3CCCN3C(=O)[C@H](COC(C)(C)C)N(C)C(=O)C(c3ccccc3)NC(=O)[C@H](C)N(C)C(=O)COc3cccc2c3)cc1. The van der Waals surface area contributed by atoms with Crippen LogP contribution in [0.3, 0.4) is 0 Å². The van der Waals surface area contributed by atoms with E-state index >= 15 is 0 Å². The first-order chi connectivity index (χ1) is 38.4. The zero-order chi connectivity index (χ0) is 59.2. The Balaban J connectivity index is 1.31. The summed E-state index contributed by atoms with van der Waals surface area (Å²) in [6.07, 6.45) is 5.03. The molecule has 0 aromatic heterocycles. The van der Waals surface area contributed by atoms with Crippen molar-refractivity contribution >= 4 is 53.2 Å². The van der Waals surface area contributed by atoms with Crippen molar-refractivity contribution in [2.75, 3.05) is 67.7 Å². The molecule has 438 valence electrons. The zero-order valence-corrected chi connectivity index (χ0v) is 48.5. The summed E-state index contributed by atoms with van der Waals surface area (Å²) in [5.41, 5.74) is -0.352. The number of rotatable bonds is 7. The average Bonchev–Trinajstić information content (AvgIpc) is 4.02. The Kier molecular flexibility index (Phi) is 21.8. The lowest BCUT2D eigenvalue weighted by molar-refractivity contribution is -0.165. The van der Waals surface area contributed by atoms with E-state index in [-0.39, 0.29) is 50.7 Å². The maximum Gasteiger partial charge on any atom is 0.330 e. The molecule has 6 amide bonds. The number of carbonyl (C=O) groups is 9. The van der Waals surface area contributed by atoms with Gasteiger partial charge in [-0.1, -0.05) is 60.7 Å². The predicted octanol–water partition coefficient (Wildman–Crippen LogP) is 5.57. The summed E-state index contributed by atoms with van der Waals surface area (Å²) in [7, 11) is 6.04. The number of hydrogen-bond donors (Lipinski definition) is 1. The van der Waals surface area contributed by atoms with Crippen LogP contribution < -0.4 is 14.8 Å². The van der Waals surface area contributed by atoms with Crippen molar-refractivity contribution in [3.05, 3.63) is 108 Å². The molecule has 0 radical (unpaired) electrons. The van der Waals surface area contributed by atoms with Crippen LogP contribution in [0.5, 0.6) is 11.5 Å². The van der Waals surface area contributed by atoms with Gasteiger partial charge in [0.2, 0.25) is 29.4 Å². The van der Waals surface area contributed by atoms with Crippen LogP contribution >= 0.6 is 0 Å². The van der Waals surface area contributed by atoms with Crippen molar-refractivity contribution in [2.45, 2.75) is 135 Å². The van der Waals surface area contributed by atoms with Crippen molar-refractivity contribution < 1.29 is 66.8 Å². The fourth-order valence-electron chi connectivity index (χ4n) is 9.77. The number of methoxy groups -OCH3 is 1. The molecule has 0 saturated carbocycles. The summed E-state index contributed by atoms with van der Waals surface area (Å²) in [6.45, 7) is 9.24. The summed E-state index contributed by atoms with van der Waals surface area (Å²) in [5, 5.41) is 2.83. The van der Waals surface area contributed by atoms with Gasteiger partial charge in [-0.05, 0) is 134 Å². The first-order valence-electron chi connectivity index (χ1n) is 27.7. The second kappa shape index (κ2) is 28.2. The van der Waals surface area contributed by atoms with E-state index in [4.69, 9.17) is 23.7 Å². The molecular formula is C61H80N6O14. The topological polar surface area (TPSA) is 228 Å². The molecule has 3 aromatic carbocycles. The maximum absolute atomic E-state index is 14.9. The number of likely N-dealkylation sites (N-methyl/N-ethyl adjacent to an activating group) is 3. The normalized spacial score (nSPS) is 24.1. The third-order valence-electron chi connectivity index (χ3n) is 15.0. The molecule has 0 spiro atoms. The standard InChI is InChI=1S/C61H80N6O14/c1-40-54(71)62-52(42-20-12-11-13-21-42)57(74)65(9)48(37-80-60(2,3)4)56(73)66-35-19-25-46(66)55(72)63(7)33-16-15-26-51(69)79-39-61(5,6)53(70)58(75)67-34-17-14-24-47(67)59(76)81-49(32-29-41-27-30-44(77-10)31-28-41)43-22-18-23-45(36-43)78-38-50(68)64(40)8/h11-13,15,18,20-23,26-28,30-31,36,40,46-49,52H,14,16-17,19,24-25,29,32-35,37-39H2,1-10H3,(H,62,71)/t40-,46-,47-,48-,49+,52?/m0/s1. The minimum absolute atomic E-state index is 0.119. The third-order valence-corrected chi connectivity index (χ3v) is 15.0. The number of nitrogens with one attached hydrogen (secondary N) is 1. The van der Waals surface area contributed by atoms with Gasteiger partial charge in [0.1, 0.15) is 54.4 Å². The first-order valence-corrected chi connectivity index (χ1v) is 27.7. The van der Waals surface area contributed by atoms with Crippen LogP contribution in [0.15, 0.2) is 91.0 Å². The van der Waals surface area contributed by atoms with Crippen LogP contribution in [0.4, 0.5) is 0 Å². The van der Waals surface area contributed by atoms with Crippen LogP contribution in [0, 0.1) is 5.41 Å². The van der Waals surface area contributed by atoms with Gasteiger partial charge >= 0.3 is 11.9 Å². The van der Waals surface area contributed by atoms with Crippen molar-refractivity contribution in [3.8, 4) is 11.5 Å². The molecule has 3 aliphatic rings. The highest BCUT2D eigenvalue weighted by Gasteiger charge is 2.44. The Labute approximate surface area is 475 Å². The molecule has 6 rings (SSSR count). The number of ketones is 1. The lowest BCUT2D eigenvalue weighted by Gasteiger charge is -2.37. The van der Waals surface area contributed by atoms with Crippen molar-refractivity contribution in [3.63, 3.8) is 0 Å². The van der Waals surface area contributed by atoms with Crippen LogP contribution in [-0.2, 0) is 63.8 Å². The van der Waals surface area contributed by atoms with Crippen LogP contribution in [-0.4, -0.2) is 175 Å². The lowest BCUT2D eigenvalue weighted by atomic mass is 9.87. The minimum atomic E-state index is -1.48. The number of nitrogens with zero attached hydrogens (tertiary/aromatic N) is 5. The quantitative estimate of drug-likeness (QED) is 0.226. The van der Waals surface area contributed by atoms with Gasteiger partial charge in [0.05, 0.1) is 24.7 Å². The van der Waals surface area contributed by atoms with Gasteiger partial charge in [-0.3, -0.25) is 33.6 Å². The Bertz CT molecular complexity index is 2760. The van der Waals surface area contributed by atoms with Gasteiger partial charge in [0.15, 0.2) is 6.61 Å². The summed E-state index contributed by atoms with van der Waals surface area (Å²) < 4.78 is 29.3. The van der Waals surface area contributed by atoms with E-state index in [0.717, 1.165) is 5.56 Å². The van der Waals surface area contributed by atoms with Crippen LogP contribution in [0.25, 0.3) is 0 Å². The zero-order valence-electron chi connectivity index (χ0n) is 48.5. The third kappa shape index (κ3) is 16.7. The number of ether oxygens (including phenoxy) is 5. The van der Waals surface area contributed by atoms with E-state index in [2.05, 4.69) is 5.32 Å². The second-order valence-corrected chi connectivity index (χ2v) is 22.6. The molecular weight excluding hydrogens is 1040 g/mol. The number of carbonyl (C=O) groups excluding carboxylic acids is 9. The number of hydrogen-bond acceptors (Lipinski definition) is 14. The second-order valence-electron chi connectivity index (χ2n) is 22.6. The Morgan fingerprint density at radius 3 is 2.10 bits per heavy atom. The monoisotopic (exact) mass is 1120 g/mol. The summed E-state index contributed by atoms with van der Waals surface area (Å²) >= 11 is 0. The van der Waals surface area contributed by atoms with E-state index in [1.54, 1.807) is 68.8 Å². The number of esters is 2. The highest BCUT2D eigenvalue weighted by atomic mass is 16.5. The number of piperidine rings is 1. The average molecular weight is 1120 g/mol. The van der Waals surface area contributed by atoms with Gasteiger partial charge in [-0.25, -0.2) is 9.59 Å². The summed E-state index contributed by atoms with van der Waals surface area (Å²) in [5.74, 6) is -5.11. The van der Waals surface area contributed by atoms with Gasteiger partial charge in [-0.15, -0.1) is 0 Å². The van der Waals surface area contributed by atoms with Crippen LogP contribution in [0.1, 0.15) is 115 Å². The number of amides is 6. The Morgan fingerprint density at radius 1 is 0.728 bits per heavy atom. The summed E-state index contributed by atoms with van der Waals surface area (Å²) in [6, 6.07) is 17.0. The molecule has 6 atom stereocenters. The number of aryl methyl sites for hydroxylation is 1. The van der Waals surface area contributed by atoms with Crippen molar-refractivity contribution in [1.82, 2.24) is 29.8 Å². The lowest BCUT2D eigenvalue weighted by Crippen LogP contribution is -2.58. The van der Waals surface area contributed by atoms with E-state index in [9.17, 15) is 43.2 Å². The van der Waals surface area contributed by atoms with Gasteiger partial charge in [0.25, 0.3) is 11.8 Å². The van der Waals surface area contributed by atoms with Crippen molar-refractivity contribution in [1.29, 1.82) is 0 Å². The number of fused-ring (bicyclic) bond motifs is 4. The van der Waals surface area contributed by atoms with E-state index in [1.165, 1.54) is 71.5 Å². The molecule has 20 nitrogen and oxygen atoms in total. The molecule has 3 heterocycles. The molecule has 2 fully saturated rings. The smallest absolute Gasteiger partial charge is 0.330 e. The van der Waals surface area contributed by atoms with Gasteiger partial charge < -0.3 is 53.5 Å². The molecule has 1 unspecified atom stereocenters. The summed E-state index contributed by atoms with van der Waals surface area (Å²) in [4.78, 5) is 134. The highest BCUT2D eigenvalue weighted by Crippen LogP contribution is 2.31. The molecule has 1 N–H and O–H groups in total. The molecule has 3 aromatic rings. The van der Waals surface area contributed by atoms with E-state index < -0.39 is 108 Å². The van der Waals surface area contributed by atoms with E-state index in [1.807, 2.05) is 45.0 Å². The van der Waals surface area contributed by atoms with E-state index in [0.29, 0.717) is 55.4 Å². The van der Waals surface area contributed by atoms with Crippen LogP contribution in [0.2, 0.25) is 0 Å². The molecule has 0 aliphatic carbocycles. The van der Waals surface area contributed by atoms with Gasteiger partial charge in [-0.2, -0.15) is 0 Å². The van der Waals surface area contributed by atoms with Crippen molar-refractivity contribution in [2.24, 2.45) is 5.41 Å². The largest absolute Gasteiger partial charge is 0.497 e. The predicted molar refractivity (Wildman–Crippen MR) is 299 cm³/mol. The molecule has 2 bridgehead atoms. The number of cyclic esters (lactones) is 2. The number of Topliss-reactive ketones (excluding diaryl/α,β-unsaturated/α-hetero) is 1. The number of benzene rings is 3. The minimum Gasteiger partial charge on any atom is -0.497 e. The molecule has 2 saturated heterocycles. The highest BCUT2D eigenvalue weighted by molar-refractivity contribution is 6.38. The van der Waals surface area contributed by atoms with Gasteiger partial charge in [0, 0.05) is 46.9 Å². The maximum atomic E-state index is 14.9. The first kappa shape index (κ1) is 62.6. The Morgan fingerprint density at radius 2 is 1.41 bits per heavy atom. The molecule has 20 heteroatoms. The fourth-order valence-corrected chi connectivity index (χ4v) is 9.77. The Hall–Kier alpha value is -7.61.